The molecule has 2 N–H and O–H groups in total. The number of amides is 1. The lowest BCUT2D eigenvalue weighted by atomic mass is 10.1. The second-order valence-corrected chi connectivity index (χ2v) is 8.69. The maximum Gasteiger partial charge on any atom is 0.263 e. The standard InChI is InChI=1S/C23H17ClN2O3S/c24-21-13-11-18(15-22(21)30(28,29)26-19-8-2-1-3-9-19)23(27)25-20-12-10-16-6-4-5-7-17(16)14-20/h1-15,26H,(H,25,27). The Balaban J connectivity index is 1.60. The summed E-state index contributed by atoms with van der Waals surface area (Å²) in [7, 11) is -3.96. The Morgan fingerprint density at radius 2 is 1.43 bits per heavy atom. The van der Waals surface area contributed by atoms with Crippen molar-refractivity contribution in [3.8, 4) is 0 Å². The van der Waals surface area contributed by atoms with Crippen molar-refractivity contribution < 1.29 is 13.2 Å². The third-order valence-electron chi connectivity index (χ3n) is 4.52. The van der Waals surface area contributed by atoms with Crippen LogP contribution in [-0.2, 0) is 10.0 Å². The maximum absolute atomic E-state index is 12.8. The molecule has 0 aliphatic heterocycles. The molecule has 0 aliphatic carbocycles. The molecule has 0 heterocycles. The van der Waals surface area contributed by atoms with E-state index in [-0.39, 0.29) is 15.5 Å². The number of carbonyl (C=O) groups is 1. The highest BCUT2D eigenvalue weighted by molar-refractivity contribution is 7.92. The Bertz CT molecular complexity index is 1340. The van der Waals surface area contributed by atoms with Crippen LogP contribution in [0.5, 0.6) is 0 Å². The van der Waals surface area contributed by atoms with E-state index >= 15 is 0 Å². The number of para-hydroxylation sites is 1. The molecule has 0 radical (unpaired) electrons. The van der Waals surface area contributed by atoms with E-state index in [2.05, 4.69) is 10.0 Å². The topological polar surface area (TPSA) is 75.3 Å². The Hall–Kier alpha value is -3.35. The van der Waals surface area contributed by atoms with Gasteiger partial charge in [-0.1, -0.05) is 60.1 Å². The van der Waals surface area contributed by atoms with Gasteiger partial charge >= 0.3 is 0 Å². The van der Waals surface area contributed by atoms with Gasteiger partial charge < -0.3 is 5.32 Å². The van der Waals surface area contributed by atoms with E-state index in [9.17, 15) is 13.2 Å². The molecule has 4 aromatic rings. The molecule has 150 valence electrons. The Morgan fingerprint density at radius 3 is 2.20 bits per heavy atom. The van der Waals surface area contributed by atoms with Gasteiger partial charge in [0.2, 0.25) is 0 Å². The van der Waals surface area contributed by atoms with Crippen LogP contribution in [0.25, 0.3) is 10.8 Å². The molecule has 7 heteroatoms. The van der Waals surface area contributed by atoms with Crippen molar-refractivity contribution in [2.24, 2.45) is 0 Å². The number of hydrogen-bond acceptors (Lipinski definition) is 3. The molecule has 0 spiro atoms. The fraction of sp³-hybridized carbons (Fsp3) is 0. The number of anilines is 2. The number of hydrogen-bond donors (Lipinski definition) is 2. The summed E-state index contributed by atoms with van der Waals surface area (Å²) in [5.41, 5.74) is 1.20. The second-order valence-electron chi connectivity index (χ2n) is 6.63. The summed E-state index contributed by atoms with van der Waals surface area (Å²) >= 11 is 6.13. The zero-order chi connectivity index (χ0) is 21.1. The van der Waals surface area contributed by atoms with Gasteiger partial charge in [0, 0.05) is 16.9 Å². The van der Waals surface area contributed by atoms with E-state index in [4.69, 9.17) is 11.6 Å². The van der Waals surface area contributed by atoms with E-state index < -0.39 is 15.9 Å². The van der Waals surface area contributed by atoms with Crippen LogP contribution >= 0.6 is 11.6 Å². The predicted octanol–water partition coefficient (Wildman–Crippen LogP) is 5.55. The number of rotatable bonds is 5. The molecule has 0 bridgehead atoms. The van der Waals surface area contributed by atoms with Crippen LogP contribution in [0, 0.1) is 0 Å². The van der Waals surface area contributed by atoms with Gasteiger partial charge in [-0.2, -0.15) is 0 Å². The molecule has 0 atom stereocenters. The molecule has 4 rings (SSSR count). The molecule has 0 unspecified atom stereocenters. The summed E-state index contributed by atoms with van der Waals surface area (Å²) in [6, 6.07) is 26.0. The average Bonchev–Trinajstić information content (AvgIpc) is 2.74. The zero-order valence-corrected chi connectivity index (χ0v) is 17.2. The number of halogens is 1. The van der Waals surface area contributed by atoms with Gasteiger partial charge in [0.1, 0.15) is 4.90 Å². The highest BCUT2D eigenvalue weighted by atomic mass is 35.5. The van der Waals surface area contributed by atoms with Crippen LogP contribution in [0.3, 0.4) is 0 Å². The third kappa shape index (κ3) is 4.30. The lowest BCUT2D eigenvalue weighted by molar-refractivity contribution is 0.102. The van der Waals surface area contributed by atoms with Crippen molar-refractivity contribution in [1.29, 1.82) is 0 Å². The third-order valence-corrected chi connectivity index (χ3v) is 6.38. The molecular formula is C23H17ClN2O3S. The zero-order valence-electron chi connectivity index (χ0n) is 15.7. The van der Waals surface area contributed by atoms with Crippen molar-refractivity contribution >= 4 is 49.7 Å². The van der Waals surface area contributed by atoms with Crippen LogP contribution in [0.2, 0.25) is 5.02 Å². The minimum Gasteiger partial charge on any atom is -0.322 e. The fourth-order valence-electron chi connectivity index (χ4n) is 3.04. The summed E-state index contributed by atoms with van der Waals surface area (Å²) in [4.78, 5) is 12.6. The van der Waals surface area contributed by atoms with Crippen molar-refractivity contribution in [2.75, 3.05) is 10.0 Å². The van der Waals surface area contributed by atoms with Gasteiger partial charge in [-0.3, -0.25) is 9.52 Å². The van der Waals surface area contributed by atoms with Gasteiger partial charge in [0.05, 0.1) is 5.02 Å². The summed E-state index contributed by atoms with van der Waals surface area (Å²) in [5.74, 6) is -0.432. The molecule has 0 aliphatic rings. The molecule has 5 nitrogen and oxygen atoms in total. The minimum atomic E-state index is -3.96. The summed E-state index contributed by atoms with van der Waals surface area (Å²) in [5, 5.41) is 4.87. The largest absolute Gasteiger partial charge is 0.322 e. The second kappa shape index (κ2) is 8.18. The molecule has 4 aromatic carbocycles. The van der Waals surface area contributed by atoms with Crippen LogP contribution < -0.4 is 10.0 Å². The SMILES string of the molecule is O=C(Nc1ccc2ccccc2c1)c1ccc(Cl)c(S(=O)(=O)Nc2ccccc2)c1. The quantitative estimate of drug-likeness (QED) is 0.431. The lowest BCUT2D eigenvalue weighted by Crippen LogP contribution is -2.16. The molecule has 0 saturated carbocycles. The summed E-state index contributed by atoms with van der Waals surface area (Å²) in [6.07, 6.45) is 0. The van der Waals surface area contributed by atoms with Gasteiger partial charge in [0.25, 0.3) is 15.9 Å². The van der Waals surface area contributed by atoms with Crippen LogP contribution in [0.15, 0.2) is 95.9 Å². The van der Waals surface area contributed by atoms with E-state index in [0.29, 0.717) is 11.4 Å². The van der Waals surface area contributed by atoms with Crippen molar-refractivity contribution in [2.45, 2.75) is 4.90 Å². The summed E-state index contributed by atoms with van der Waals surface area (Å²) < 4.78 is 28.0. The smallest absolute Gasteiger partial charge is 0.263 e. The molecule has 0 aromatic heterocycles. The number of carbonyl (C=O) groups excluding carboxylic acids is 1. The number of benzene rings is 4. The van der Waals surface area contributed by atoms with Crippen molar-refractivity contribution in [3.05, 3.63) is 102 Å². The first-order chi connectivity index (χ1) is 14.4. The fourth-order valence-corrected chi connectivity index (χ4v) is 4.62. The average molecular weight is 437 g/mol. The molecule has 0 fully saturated rings. The number of sulfonamides is 1. The van der Waals surface area contributed by atoms with Crippen molar-refractivity contribution in [1.82, 2.24) is 0 Å². The van der Waals surface area contributed by atoms with Crippen molar-refractivity contribution in [3.63, 3.8) is 0 Å². The lowest BCUT2D eigenvalue weighted by Gasteiger charge is -2.12. The van der Waals surface area contributed by atoms with Crippen LogP contribution in [-0.4, -0.2) is 14.3 Å². The first-order valence-corrected chi connectivity index (χ1v) is 11.0. The van der Waals surface area contributed by atoms with E-state index in [0.717, 1.165) is 10.8 Å². The highest BCUT2D eigenvalue weighted by Crippen LogP contribution is 2.26. The summed E-state index contributed by atoms with van der Waals surface area (Å²) in [6.45, 7) is 0. The van der Waals surface area contributed by atoms with E-state index in [1.54, 1.807) is 36.4 Å². The van der Waals surface area contributed by atoms with Gasteiger partial charge in [-0.15, -0.1) is 0 Å². The molecule has 0 saturated heterocycles. The van der Waals surface area contributed by atoms with Gasteiger partial charge in [-0.25, -0.2) is 8.42 Å². The van der Waals surface area contributed by atoms with Crippen LogP contribution in [0.4, 0.5) is 11.4 Å². The Kier molecular flexibility index (Phi) is 5.44. The Morgan fingerprint density at radius 1 is 0.733 bits per heavy atom. The Labute approximate surface area is 179 Å². The normalized spacial score (nSPS) is 11.2. The van der Waals surface area contributed by atoms with E-state index in [1.165, 1.54) is 18.2 Å². The predicted molar refractivity (Wildman–Crippen MR) is 121 cm³/mol. The number of fused-ring (bicyclic) bond motifs is 1. The first kappa shape index (κ1) is 19.9. The maximum atomic E-state index is 12.8. The minimum absolute atomic E-state index is 0.0284. The molecular weight excluding hydrogens is 420 g/mol. The van der Waals surface area contributed by atoms with Gasteiger partial charge in [-0.05, 0) is 53.2 Å². The highest BCUT2D eigenvalue weighted by Gasteiger charge is 2.20. The number of nitrogens with one attached hydrogen (secondary N) is 2. The molecule has 1 amide bonds. The first-order valence-electron chi connectivity index (χ1n) is 9.10. The van der Waals surface area contributed by atoms with Gasteiger partial charge in [0.15, 0.2) is 0 Å². The monoisotopic (exact) mass is 436 g/mol. The molecule has 30 heavy (non-hydrogen) atoms. The van der Waals surface area contributed by atoms with Crippen LogP contribution in [0.1, 0.15) is 10.4 Å². The van der Waals surface area contributed by atoms with E-state index in [1.807, 2.05) is 36.4 Å².